The average molecular weight is 448 g/mol. The Hall–Kier alpha value is -3.37. The van der Waals surface area contributed by atoms with Gasteiger partial charge in [0.1, 0.15) is 5.75 Å². The molecule has 1 atom stereocenters. The summed E-state index contributed by atoms with van der Waals surface area (Å²) >= 11 is 5.98. The zero-order valence-electron chi connectivity index (χ0n) is 18.3. The number of anilines is 1. The summed E-state index contributed by atoms with van der Waals surface area (Å²) in [4.78, 5) is 25.4. The summed E-state index contributed by atoms with van der Waals surface area (Å²) in [6.07, 6.45) is 3.29. The second kappa shape index (κ2) is 10.8. The molecule has 0 saturated heterocycles. The van der Waals surface area contributed by atoms with Crippen LogP contribution in [0.3, 0.4) is 0 Å². The van der Waals surface area contributed by atoms with Crippen molar-refractivity contribution in [2.45, 2.75) is 19.8 Å². The molecule has 0 aliphatic heterocycles. The number of benzene rings is 3. The van der Waals surface area contributed by atoms with Crippen LogP contribution in [-0.2, 0) is 4.79 Å². The molecule has 0 radical (unpaired) electrons. The standard InChI is InChI=1S/C27H26ClNO3/c1-18(2)26(21-7-11-22(28)12-8-21)27(31)29-23-13-9-20(10-14-23)25(30)17-6-19-4-15-24(32-3)16-5-19/h4-18,26H,1-3H3,(H,29,31)/b17-6+. The third kappa shape index (κ3) is 6.08. The maximum absolute atomic E-state index is 12.9. The first-order chi connectivity index (χ1) is 15.4. The minimum Gasteiger partial charge on any atom is -0.497 e. The first kappa shape index (κ1) is 23.3. The lowest BCUT2D eigenvalue weighted by Crippen LogP contribution is -2.25. The van der Waals surface area contributed by atoms with Gasteiger partial charge in [0.25, 0.3) is 0 Å². The predicted molar refractivity (Wildman–Crippen MR) is 130 cm³/mol. The van der Waals surface area contributed by atoms with E-state index in [9.17, 15) is 9.59 Å². The molecular formula is C27H26ClNO3. The van der Waals surface area contributed by atoms with Crippen molar-refractivity contribution in [1.29, 1.82) is 0 Å². The molecule has 3 aromatic carbocycles. The Balaban J connectivity index is 1.66. The van der Waals surface area contributed by atoms with E-state index < -0.39 is 0 Å². The van der Waals surface area contributed by atoms with E-state index in [2.05, 4.69) is 5.32 Å². The van der Waals surface area contributed by atoms with E-state index in [1.54, 1.807) is 49.6 Å². The van der Waals surface area contributed by atoms with Crippen molar-refractivity contribution in [1.82, 2.24) is 0 Å². The highest BCUT2D eigenvalue weighted by atomic mass is 35.5. The maximum atomic E-state index is 12.9. The van der Waals surface area contributed by atoms with E-state index in [1.165, 1.54) is 6.08 Å². The number of ether oxygens (including phenoxy) is 1. The van der Waals surface area contributed by atoms with Crippen LogP contribution in [-0.4, -0.2) is 18.8 Å². The van der Waals surface area contributed by atoms with Crippen molar-refractivity contribution in [3.63, 3.8) is 0 Å². The Morgan fingerprint density at radius 2 is 1.53 bits per heavy atom. The minimum atomic E-state index is -0.305. The van der Waals surface area contributed by atoms with Gasteiger partial charge in [0, 0.05) is 16.3 Å². The van der Waals surface area contributed by atoms with Crippen LogP contribution in [0.2, 0.25) is 5.02 Å². The van der Waals surface area contributed by atoms with Crippen molar-refractivity contribution >= 4 is 35.1 Å². The molecule has 1 unspecified atom stereocenters. The van der Waals surface area contributed by atoms with Crippen LogP contribution in [0.5, 0.6) is 5.75 Å². The summed E-state index contributed by atoms with van der Waals surface area (Å²) in [5.74, 6) is 0.365. The largest absolute Gasteiger partial charge is 0.497 e. The Kier molecular flexibility index (Phi) is 7.85. The number of hydrogen-bond acceptors (Lipinski definition) is 3. The van der Waals surface area contributed by atoms with Gasteiger partial charge in [-0.05, 0) is 71.7 Å². The SMILES string of the molecule is COc1ccc(/C=C/C(=O)c2ccc(NC(=O)C(c3ccc(Cl)cc3)C(C)C)cc2)cc1. The van der Waals surface area contributed by atoms with Gasteiger partial charge in [-0.3, -0.25) is 9.59 Å². The zero-order valence-corrected chi connectivity index (χ0v) is 19.1. The third-order valence-electron chi connectivity index (χ3n) is 5.16. The van der Waals surface area contributed by atoms with E-state index in [1.807, 2.05) is 50.2 Å². The molecular weight excluding hydrogens is 422 g/mol. The number of allylic oxidation sites excluding steroid dienone is 1. The third-order valence-corrected chi connectivity index (χ3v) is 5.41. The van der Waals surface area contributed by atoms with Gasteiger partial charge >= 0.3 is 0 Å². The highest BCUT2D eigenvalue weighted by Crippen LogP contribution is 2.27. The number of hydrogen-bond donors (Lipinski definition) is 1. The first-order valence-corrected chi connectivity index (χ1v) is 10.8. The van der Waals surface area contributed by atoms with E-state index in [0.717, 1.165) is 16.9 Å². The number of halogens is 1. The molecule has 3 rings (SSSR count). The highest BCUT2D eigenvalue weighted by molar-refractivity contribution is 6.30. The van der Waals surface area contributed by atoms with E-state index in [-0.39, 0.29) is 23.5 Å². The van der Waals surface area contributed by atoms with E-state index in [0.29, 0.717) is 16.3 Å². The van der Waals surface area contributed by atoms with Crippen molar-refractivity contribution < 1.29 is 14.3 Å². The number of rotatable bonds is 8. The van der Waals surface area contributed by atoms with Gasteiger partial charge < -0.3 is 10.1 Å². The lowest BCUT2D eigenvalue weighted by atomic mass is 9.87. The fourth-order valence-electron chi connectivity index (χ4n) is 3.43. The van der Waals surface area contributed by atoms with Gasteiger partial charge in [0.05, 0.1) is 13.0 Å². The monoisotopic (exact) mass is 447 g/mol. The second-order valence-corrected chi connectivity index (χ2v) is 8.25. The number of carbonyl (C=O) groups excluding carboxylic acids is 2. The van der Waals surface area contributed by atoms with Crippen molar-refractivity contribution in [3.05, 3.63) is 101 Å². The predicted octanol–water partition coefficient (Wildman–Crippen LogP) is 6.62. The molecule has 0 bridgehead atoms. The number of ketones is 1. The summed E-state index contributed by atoms with van der Waals surface area (Å²) in [6.45, 7) is 4.02. The highest BCUT2D eigenvalue weighted by Gasteiger charge is 2.24. The quantitative estimate of drug-likeness (QED) is 0.311. The Morgan fingerprint density at radius 3 is 2.09 bits per heavy atom. The summed E-state index contributed by atoms with van der Waals surface area (Å²) in [5.41, 5.74) is 3.01. The molecule has 0 aliphatic carbocycles. The molecule has 32 heavy (non-hydrogen) atoms. The topological polar surface area (TPSA) is 55.4 Å². The molecule has 1 N–H and O–H groups in total. The van der Waals surface area contributed by atoms with Gasteiger partial charge in [0.15, 0.2) is 5.78 Å². The molecule has 164 valence electrons. The fraction of sp³-hybridized carbons (Fsp3) is 0.185. The normalized spacial score (nSPS) is 12.0. The van der Waals surface area contributed by atoms with Crippen LogP contribution in [0.4, 0.5) is 5.69 Å². The molecule has 0 aliphatic rings. The summed E-state index contributed by atoms with van der Waals surface area (Å²) in [6, 6.07) is 21.7. The molecule has 0 fully saturated rings. The maximum Gasteiger partial charge on any atom is 0.232 e. The summed E-state index contributed by atoms with van der Waals surface area (Å²) in [5, 5.41) is 3.60. The van der Waals surface area contributed by atoms with Gasteiger partial charge in [0.2, 0.25) is 5.91 Å². The molecule has 0 aromatic heterocycles. The molecule has 1 amide bonds. The van der Waals surface area contributed by atoms with Crippen molar-refractivity contribution in [3.8, 4) is 5.75 Å². The molecule has 4 nitrogen and oxygen atoms in total. The van der Waals surface area contributed by atoms with Crippen LogP contribution in [0.1, 0.15) is 41.3 Å². The number of nitrogens with one attached hydrogen (secondary N) is 1. The summed E-state index contributed by atoms with van der Waals surface area (Å²) in [7, 11) is 1.61. The van der Waals surface area contributed by atoms with Crippen molar-refractivity contribution in [2.24, 2.45) is 5.92 Å². The number of carbonyl (C=O) groups is 2. The first-order valence-electron chi connectivity index (χ1n) is 10.4. The Labute approximate surface area is 193 Å². The second-order valence-electron chi connectivity index (χ2n) is 7.81. The molecule has 5 heteroatoms. The van der Waals surface area contributed by atoms with Crippen LogP contribution >= 0.6 is 11.6 Å². The molecule has 0 spiro atoms. The lowest BCUT2D eigenvalue weighted by Gasteiger charge is -2.21. The van der Waals surface area contributed by atoms with Gasteiger partial charge in [-0.2, -0.15) is 0 Å². The van der Waals surface area contributed by atoms with Crippen LogP contribution in [0.25, 0.3) is 6.08 Å². The minimum absolute atomic E-state index is 0.0965. The van der Waals surface area contributed by atoms with Gasteiger partial charge in [-0.1, -0.05) is 55.8 Å². The van der Waals surface area contributed by atoms with E-state index in [4.69, 9.17) is 16.3 Å². The van der Waals surface area contributed by atoms with Gasteiger partial charge in [-0.25, -0.2) is 0 Å². The fourth-order valence-corrected chi connectivity index (χ4v) is 3.56. The van der Waals surface area contributed by atoms with Crippen LogP contribution < -0.4 is 10.1 Å². The van der Waals surface area contributed by atoms with Gasteiger partial charge in [-0.15, -0.1) is 0 Å². The average Bonchev–Trinajstić information content (AvgIpc) is 2.79. The zero-order chi connectivity index (χ0) is 23.1. The molecule has 0 saturated carbocycles. The summed E-state index contributed by atoms with van der Waals surface area (Å²) < 4.78 is 5.13. The Bertz CT molecular complexity index is 1090. The molecule has 0 heterocycles. The molecule has 3 aromatic rings. The van der Waals surface area contributed by atoms with Crippen LogP contribution in [0.15, 0.2) is 78.9 Å². The number of methoxy groups -OCH3 is 1. The van der Waals surface area contributed by atoms with Crippen LogP contribution in [0, 0.1) is 5.92 Å². The Morgan fingerprint density at radius 1 is 0.906 bits per heavy atom. The smallest absolute Gasteiger partial charge is 0.232 e. The number of amides is 1. The van der Waals surface area contributed by atoms with E-state index >= 15 is 0 Å². The van der Waals surface area contributed by atoms with Crippen molar-refractivity contribution in [2.75, 3.05) is 12.4 Å². The lowest BCUT2D eigenvalue weighted by molar-refractivity contribution is -0.118.